The summed E-state index contributed by atoms with van der Waals surface area (Å²) in [6.07, 6.45) is 2.26. The first kappa shape index (κ1) is 15.2. The lowest BCUT2D eigenvalue weighted by molar-refractivity contribution is -0.120. The zero-order valence-electron chi connectivity index (χ0n) is 13.6. The van der Waals surface area contributed by atoms with Gasteiger partial charge in [0.15, 0.2) is 0 Å². The molecule has 3 rings (SSSR count). The Balaban J connectivity index is 1.65. The first-order valence-corrected chi connectivity index (χ1v) is 7.66. The second-order valence-corrected chi connectivity index (χ2v) is 5.77. The van der Waals surface area contributed by atoms with E-state index in [1.54, 1.807) is 0 Å². The van der Waals surface area contributed by atoms with E-state index in [4.69, 9.17) is 0 Å². The first-order chi connectivity index (χ1) is 11.0. The summed E-state index contributed by atoms with van der Waals surface area (Å²) < 4.78 is 0. The van der Waals surface area contributed by atoms with Gasteiger partial charge in [-0.3, -0.25) is 4.79 Å². The number of hydrogen-bond acceptors (Lipinski definition) is 3. The number of nitrogens with zero attached hydrogens (tertiary/aromatic N) is 2. The van der Waals surface area contributed by atoms with Crippen molar-refractivity contribution in [3.63, 3.8) is 0 Å². The summed E-state index contributed by atoms with van der Waals surface area (Å²) in [6.45, 7) is 6.23. The van der Waals surface area contributed by atoms with E-state index in [2.05, 4.69) is 20.3 Å². The molecule has 23 heavy (non-hydrogen) atoms. The Morgan fingerprint density at radius 1 is 1.13 bits per heavy atom. The Kier molecular flexibility index (Phi) is 4.10. The van der Waals surface area contributed by atoms with Gasteiger partial charge in [0.1, 0.15) is 5.82 Å². The molecule has 0 aliphatic rings. The second-order valence-electron chi connectivity index (χ2n) is 5.77. The van der Waals surface area contributed by atoms with E-state index in [1.807, 2.05) is 51.2 Å². The minimum Gasteiger partial charge on any atom is -0.361 e. The fourth-order valence-corrected chi connectivity index (χ4v) is 2.80. The summed E-state index contributed by atoms with van der Waals surface area (Å²) in [5.74, 6) is 0.754. The van der Waals surface area contributed by atoms with Gasteiger partial charge in [-0.1, -0.05) is 12.1 Å². The van der Waals surface area contributed by atoms with E-state index in [9.17, 15) is 4.79 Å². The summed E-state index contributed by atoms with van der Waals surface area (Å²) in [4.78, 5) is 24.1. The SMILES string of the molecule is Cc1nc(C)c(CNC(=O)Cc2ccc3cc[nH]c3c2)c(C)n1. The van der Waals surface area contributed by atoms with E-state index in [0.717, 1.165) is 39.2 Å². The van der Waals surface area contributed by atoms with Crippen LogP contribution in [0.15, 0.2) is 30.5 Å². The van der Waals surface area contributed by atoms with Crippen LogP contribution in [0.4, 0.5) is 0 Å². The highest BCUT2D eigenvalue weighted by Crippen LogP contribution is 2.15. The van der Waals surface area contributed by atoms with Gasteiger partial charge in [0.05, 0.1) is 6.42 Å². The third-order valence-corrected chi connectivity index (χ3v) is 3.98. The highest BCUT2D eigenvalue weighted by atomic mass is 16.1. The zero-order chi connectivity index (χ0) is 16.4. The summed E-state index contributed by atoms with van der Waals surface area (Å²) >= 11 is 0. The molecule has 0 radical (unpaired) electrons. The Morgan fingerprint density at radius 3 is 2.61 bits per heavy atom. The molecule has 0 atom stereocenters. The number of rotatable bonds is 4. The van der Waals surface area contributed by atoms with Crippen LogP contribution in [0.1, 0.15) is 28.3 Å². The molecule has 1 aromatic carbocycles. The monoisotopic (exact) mass is 308 g/mol. The lowest BCUT2D eigenvalue weighted by atomic mass is 10.1. The fourth-order valence-electron chi connectivity index (χ4n) is 2.80. The highest BCUT2D eigenvalue weighted by Gasteiger charge is 2.09. The number of carbonyl (C=O) groups excluding carboxylic acids is 1. The molecule has 0 aliphatic carbocycles. The molecule has 0 saturated carbocycles. The molecule has 0 saturated heterocycles. The zero-order valence-corrected chi connectivity index (χ0v) is 13.6. The molecule has 0 fully saturated rings. The van der Waals surface area contributed by atoms with Crippen molar-refractivity contribution in [1.29, 1.82) is 0 Å². The van der Waals surface area contributed by atoms with Crippen molar-refractivity contribution < 1.29 is 4.79 Å². The van der Waals surface area contributed by atoms with Gasteiger partial charge in [0, 0.05) is 35.2 Å². The topological polar surface area (TPSA) is 70.7 Å². The largest absolute Gasteiger partial charge is 0.361 e. The van der Waals surface area contributed by atoms with Crippen LogP contribution in [0.5, 0.6) is 0 Å². The van der Waals surface area contributed by atoms with Crippen LogP contribution in [-0.2, 0) is 17.8 Å². The lowest BCUT2D eigenvalue weighted by Crippen LogP contribution is -2.25. The molecule has 2 heterocycles. The molecule has 3 aromatic rings. The maximum atomic E-state index is 12.2. The highest BCUT2D eigenvalue weighted by molar-refractivity contribution is 5.83. The van der Waals surface area contributed by atoms with Crippen LogP contribution in [0.3, 0.4) is 0 Å². The van der Waals surface area contributed by atoms with Crippen LogP contribution < -0.4 is 5.32 Å². The number of carbonyl (C=O) groups is 1. The van der Waals surface area contributed by atoms with Gasteiger partial charge >= 0.3 is 0 Å². The van der Waals surface area contributed by atoms with Crippen molar-refractivity contribution in [2.75, 3.05) is 0 Å². The minimum absolute atomic E-state index is 0.00437. The van der Waals surface area contributed by atoms with Crippen LogP contribution in [0.25, 0.3) is 10.9 Å². The molecule has 0 aliphatic heterocycles. The van der Waals surface area contributed by atoms with Crippen molar-refractivity contribution in [2.45, 2.75) is 33.7 Å². The molecule has 2 aromatic heterocycles. The van der Waals surface area contributed by atoms with Gasteiger partial charge in [-0.05, 0) is 43.9 Å². The number of nitrogens with one attached hydrogen (secondary N) is 2. The number of amides is 1. The van der Waals surface area contributed by atoms with E-state index >= 15 is 0 Å². The molecule has 5 nitrogen and oxygen atoms in total. The number of benzene rings is 1. The maximum Gasteiger partial charge on any atom is 0.224 e. The molecular formula is C18H20N4O. The number of H-pyrrole nitrogens is 1. The van der Waals surface area contributed by atoms with Crippen LogP contribution in [0.2, 0.25) is 0 Å². The number of aryl methyl sites for hydroxylation is 3. The maximum absolute atomic E-state index is 12.2. The van der Waals surface area contributed by atoms with Gasteiger partial charge in [0.25, 0.3) is 0 Å². The molecule has 0 bridgehead atoms. The standard InChI is InChI=1S/C18H20N4O/c1-11-16(12(2)22-13(3)21-11)10-20-18(23)9-14-4-5-15-6-7-19-17(15)8-14/h4-8,19H,9-10H2,1-3H3,(H,20,23). The van der Waals surface area contributed by atoms with Crippen molar-refractivity contribution in [2.24, 2.45) is 0 Å². The number of aromatic amines is 1. The summed E-state index contributed by atoms with van der Waals surface area (Å²) in [5.41, 5.74) is 4.87. The van der Waals surface area contributed by atoms with Crippen molar-refractivity contribution in [3.05, 3.63) is 58.8 Å². The van der Waals surface area contributed by atoms with Gasteiger partial charge in [-0.2, -0.15) is 0 Å². The van der Waals surface area contributed by atoms with Crippen molar-refractivity contribution in [1.82, 2.24) is 20.3 Å². The summed E-state index contributed by atoms with van der Waals surface area (Å²) in [6, 6.07) is 8.04. The second kappa shape index (κ2) is 6.20. The van der Waals surface area contributed by atoms with Crippen LogP contribution >= 0.6 is 0 Å². The Morgan fingerprint density at radius 2 is 1.87 bits per heavy atom. The van der Waals surface area contributed by atoms with Gasteiger partial charge in [-0.15, -0.1) is 0 Å². The average Bonchev–Trinajstić information content (AvgIpc) is 2.93. The predicted octanol–water partition coefficient (Wildman–Crippen LogP) is 2.74. The molecule has 0 unspecified atom stereocenters. The van der Waals surface area contributed by atoms with Crippen molar-refractivity contribution in [3.8, 4) is 0 Å². The number of hydrogen-bond donors (Lipinski definition) is 2. The predicted molar refractivity (Wildman–Crippen MR) is 90.1 cm³/mol. The molecule has 5 heteroatoms. The Hall–Kier alpha value is -2.69. The Bertz CT molecular complexity index is 843. The minimum atomic E-state index is -0.00437. The van der Waals surface area contributed by atoms with Crippen molar-refractivity contribution >= 4 is 16.8 Å². The van der Waals surface area contributed by atoms with E-state index in [0.29, 0.717) is 13.0 Å². The van der Waals surface area contributed by atoms with Gasteiger partial charge in [-0.25, -0.2) is 9.97 Å². The van der Waals surface area contributed by atoms with Gasteiger partial charge in [0.2, 0.25) is 5.91 Å². The van der Waals surface area contributed by atoms with E-state index in [1.165, 1.54) is 0 Å². The molecular weight excluding hydrogens is 288 g/mol. The number of aromatic nitrogens is 3. The van der Waals surface area contributed by atoms with E-state index < -0.39 is 0 Å². The lowest BCUT2D eigenvalue weighted by Gasteiger charge is -2.11. The molecule has 2 N–H and O–H groups in total. The molecule has 0 spiro atoms. The molecule has 118 valence electrons. The summed E-state index contributed by atoms with van der Waals surface area (Å²) in [5, 5.41) is 4.11. The smallest absolute Gasteiger partial charge is 0.224 e. The first-order valence-electron chi connectivity index (χ1n) is 7.66. The van der Waals surface area contributed by atoms with E-state index in [-0.39, 0.29) is 5.91 Å². The third-order valence-electron chi connectivity index (χ3n) is 3.98. The fraction of sp³-hybridized carbons (Fsp3) is 0.278. The van der Waals surface area contributed by atoms with Gasteiger partial charge < -0.3 is 10.3 Å². The third kappa shape index (κ3) is 3.39. The van der Waals surface area contributed by atoms with Crippen LogP contribution in [0, 0.1) is 20.8 Å². The molecule has 1 amide bonds. The quantitative estimate of drug-likeness (QED) is 0.778. The normalized spacial score (nSPS) is 10.9. The Labute approximate surface area is 135 Å². The van der Waals surface area contributed by atoms with Crippen LogP contribution in [-0.4, -0.2) is 20.9 Å². The summed E-state index contributed by atoms with van der Waals surface area (Å²) in [7, 11) is 0. The number of fused-ring (bicyclic) bond motifs is 1. The average molecular weight is 308 g/mol.